The number of carbonyl (C=O) groups excluding carboxylic acids is 1. The summed E-state index contributed by atoms with van der Waals surface area (Å²) in [5.74, 6) is 0.320. The van der Waals surface area contributed by atoms with E-state index in [2.05, 4.69) is 10.2 Å². The van der Waals surface area contributed by atoms with Crippen LogP contribution in [0, 0.1) is 5.92 Å². The van der Waals surface area contributed by atoms with Crippen molar-refractivity contribution in [1.29, 1.82) is 0 Å². The first-order chi connectivity index (χ1) is 14.0. The van der Waals surface area contributed by atoms with Gasteiger partial charge in [0.1, 0.15) is 18.2 Å². The van der Waals surface area contributed by atoms with Gasteiger partial charge >= 0.3 is 0 Å². The number of piperidine rings is 1. The van der Waals surface area contributed by atoms with Crippen LogP contribution in [0.3, 0.4) is 0 Å². The summed E-state index contributed by atoms with van der Waals surface area (Å²) in [5, 5.41) is 13.7. The first-order valence-corrected chi connectivity index (χ1v) is 10.4. The van der Waals surface area contributed by atoms with E-state index in [0.29, 0.717) is 43.4 Å². The van der Waals surface area contributed by atoms with Crippen molar-refractivity contribution in [3.63, 3.8) is 0 Å². The van der Waals surface area contributed by atoms with Crippen LogP contribution in [0.25, 0.3) is 0 Å². The number of fused-ring (bicyclic) bond motifs is 1. The van der Waals surface area contributed by atoms with Gasteiger partial charge in [0.05, 0.1) is 17.4 Å². The number of nitrogens with zero attached hydrogens (tertiary/aromatic N) is 1. The molecule has 0 spiro atoms. The van der Waals surface area contributed by atoms with E-state index in [-0.39, 0.29) is 22.5 Å². The third-order valence-corrected chi connectivity index (χ3v) is 5.82. The number of methoxy groups -OCH3 is 1. The molecule has 1 aromatic rings. The summed E-state index contributed by atoms with van der Waals surface area (Å²) in [5.41, 5.74) is 6.48. The molecule has 1 fully saturated rings. The predicted octanol–water partition coefficient (Wildman–Crippen LogP) is 1.53. The number of hydrogen-bond acceptors (Lipinski definition) is 7. The average Bonchev–Trinajstić information content (AvgIpc) is 2.73. The van der Waals surface area contributed by atoms with E-state index in [1.54, 1.807) is 7.11 Å². The molecule has 4 N–H and O–H groups in total. The average molecular weight is 428 g/mol. The molecule has 9 heteroatoms. The number of anilines is 1. The number of nitrogens with one attached hydrogen (secondary N) is 1. The number of ether oxygens (including phenoxy) is 3. The van der Waals surface area contributed by atoms with Crippen LogP contribution in [0.1, 0.15) is 29.6 Å². The van der Waals surface area contributed by atoms with Crippen molar-refractivity contribution in [3.05, 3.63) is 16.7 Å². The number of hydrogen-bond donors (Lipinski definition) is 3. The zero-order chi connectivity index (χ0) is 20.8. The van der Waals surface area contributed by atoms with Crippen molar-refractivity contribution in [2.45, 2.75) is 25.4 Å². The Bertz CT molecular complexity index is 718. The molecular weight excluding hydrogens is 398 g/mol. The van der Waals surface area contributed by atoms with Crippen LogP contribution in [0.5, 0.6) is 11.5 Å². The fraction of sp³-hybridized carbons (Fsp3) is 0.650. The number of rotatable bonds is 8. The molecule has 1 amide bonds. The highest BCUT2D eigenvalue weighted by Crippen LogP contribution is 2.43. The van der Waals surface area contributed by atoms with E-state index >= 15 is 0 Å². The molecule has 0 aromatic heterocycles. The van der Waals surface area contributed by atoms with Crippen LogP contribution >= 0.6 is 11.6 Å². The van der Waals surface area contributed by atoms with Crippen LogP contribution in [0.2, 0.25) is 5.02 Å². The topological polar surface area (TPSA) is 106 Å². The Morgan fingerprint density at radius 1 is 1.38 bits per heavy atom. The summed E-state index contributed by atoms with van der Waals surface area (Å²) in [6.45, 7) is 4.32. The maximum Gasteiger partial charge on any atom is 0.255 e. The normalized spacial score (nSPS) is 21.8. The van der Waals surface area contributed by atoms with Gasteiger partial charge in [-0.3, -0.25) is 4.79 Å². The Hall–Kier alpha value is -1.74. The summed E-state index contributed by atoms with van der Waals surface area (Å²) >= 11 is 6.17. The number of likely N-dealkylation sites (tertiary alicyclic amines) is 1. The molecule has 0 aliphatic carbocycles. The lowest BCUT2D eigenvalue weighted by Gasteiger charge is -2.36. The fourth-order valence-corrected chi connectivity index (χ4v) is 3.95. The molecule has 8 nitrogen and oxygen atoms in total. The van der Waals surface area contributed by atoms with Gasteiger partial charge in [-0.2, -0.15) is 0 Å². The minimum Gasteiger partial charge on any atom is -0.485 e. The molecule has 1 aromatic carbocycles. The minimum absolute atomic E-state index is 0.00631. The van der Waals surface area contributed by atoms with Crippen molar-refractivity contribution in [3.8, 4) is 11.5 Å². The van der Waals surface area contributed by atoms with Gasteiger partial charge in [-0.05, 0) is 38.4 Å². The number of amides is 1. The lowest BCUT2D eigenvalue weighted by atomic mass is 9.93. The minimum atomic E-state index is -0.477. The van der Waals surface area contributed by atoms with Gasteiger partial charge < -0.3 is 35.3 Å². The monoisotopic (exact) mass is 427 g/mol. The number of β-amino-alcohol motifs (C(OH)–C–C–N with tert-alkyl or cyclic N) is 1. The highest BCUT2D eigenvalue weighted by Gasteiger charge is 2.29. The predicted molar refractivity (Wildman–Crippen MR) is 111 cm³/mol. The molecule has 2 heterocycles. The highest BCUT2D eigenvalue weighted by atomic mass is 35.5. The second-order valence-electron chi connectivity index (χ2n) is 7.51. The Balaban J connectivity index is 1.53. The SMILES string of the molecule is COCCCCN1CC[C@@H](CNC(=O)c2cc(N)c(Cl)c3c2OCCO3)[C@H](O)C1. The van der Waals surface area contributed by atoms with E-state index in [4.69, 9.17) is 31.5 Å². The van der Waals surface area contributed by atoms with Crippen molar-refractivity contribution < 1.29 is 24.1 Å². The molecular formula is C20H30ClN3O5. The maximum atomic E-state index is 12.7. The van der Waals surface area contributed by atoms with Crippen molar-refractivity contribution in [1.82, 2.24) is 10.2 Å². The number of unbranched alkanes of at least 4 members (excludes halogenated alkanes) is 1. The summed E-state index contributed by atoms with van der Waals surface area (Å²) in [4.78, 5) is 15.0. The highest BCUT2D eigenvalue weighted by molar-refractivity contribution is 6.35. The van der Waals surface area contributed by atoms with Gasteiger partial charge in [-0.15, -0.1) is 0 Å². The van der Waals surface area contributed by atoms with Crippen LogP contribution < -0.4 is 20.5 Å². The smallest absolute Gasteiger partial charge is 0.255 e. The maximum absolute atomic E-state index is 12.7. The van der Waals surface area contributed by atoms with Crippen molar-refractivity contribution in [2.75, 3.05) is 58.8 Å². The first kappa shape index (κ1) is 22.0. The van der Waals surface area contributed by atoms with E-state index in [9.17, 15) is 9.90 Å². The van der Waals surface area contributed by atoms with Crippen molar-refractivity contribution in [2.24, 2.45) is 5.92 Å². The molecule has 29 heavy (non-hydrogen) atoms. The summed E-state index contributed by atoms with van der Waals surface area (Å²) in [6.07, 6.45) is 2.41. The number of carbonyl (C=O) groups is 1. The fourth-order valence-electron chi connectivity index (χ4n) is 3.75. The molecule has 0 unspecified atom stereocenters. The van der Waals surface area contributed by atoms with Gasteiger partial charge in [0, 0.05) is 32.7 Å². The molecule has 2 aliphatic rings. The standard InChI is InChI=1S/C20H30ClN3O5/c1-27-7-3-2-5-24-6-4-13(16(25)12-24)11-23-20(26)14-10-15(22)17(21)19-18(14)28-8-9-29-19/h10,13,16,25H,2-9,11-12,22H2,1H3,(H,23,26)/t13-,16+/m0/s1. The molecule has 0 radical (unpaired) electrons. The van der Waals surface area contributed by atoms with Gasteiger partial charge in [-0.1, -0.05) is 11.6 Å². The Morgan fingerprint density at radius 3 is 2.86 bits per heavy atom. The summed E-state index contributed by atoms with van der Waals surface area (Å²) in [7, 11) is 1.71. The molecule has 3 rings (SSSR count). The number of nitrogen functional groups attached to an aromatic ring is 1. The van der Waals surface area contributed by atoms with Crippen LogP contribution in [-0.2, 0) is 4.74 Å². The number of halogens is 1. The number of aliphatic hydroxyl groups is 1. The van der Waals surface area contributed by atoms with E-state index in [1.165, 1.54) is 6.07 Å². The largest absolute Gasteiger partial charge is 0.485 e. The van der Waals surface area contributed by atoms with E-state index in [0.717, 1.165) is 39.0 Å². The van der Waals surface area contributed by atoms with Gasteiger partial charge in [0.15, 0.2) is 11.5 Å². The molecule has 0 saturated carbocycles. The second-order valence-corrected chi connectivity index (χ2v) is 7.89. The second kappa shape index (κ2) is 10.3. The van der Waals surface area contributed by atoms with Gasteiger partial charge in [0.25, 0.3) is 5.91 Å². The lowest BCUT2D eigenvalue weighted by Crippen LogP contribution is -2.47. The number of benzene rings is 1. The molecule has 2 aliphatic heterocycles. The number of nitrogens with two attached hydrogens (primary N) is 1. The van der Waals surface area contributed by atoms with Crippen LogP contribution in [0.15, 0.2) is 6.07 Å². The summed E-state index contributed by atoms with van der Waals surface area (Å²) in [6, 6.07) is 1.50. The Morgan fingerprint density at radius 2 is 2.14 bits per heavy atom. The molecule has 162 valence electrons. The van der Waals surface area contributed by atoms with Crippen LogP contribution in [-0.4, -0.2) is 75.1 Å². The third-order valence-electron chi connectivity index (χ3n) is 5.43. The zero-order valence-corrected chi connectivity index (χ0v) is 17.5. The Kier molecular flexibility index (Phi) is 7.83. The molecule has 2 atom stereocenters. The molecule has 1 saturated heterocycles. The Labute approximate surface area is 176 Å². The zero-order valence-electron chi connectivity index (χ0n) is 16.8. The first-order valence-electron chi connectivity index (χ1n) is 10.1. The van der Waals surface area contributed by atoms with E-state index < -0.39 is 6.10 Å². The number of aliphatic hydroxyl groups excluding tert-OH is 1. The van der Waals surface area contributed by atoms with Crippen LogP contribution in [0.4, 0.5) is 5.69 Å². The van der Waals surface area contributed by atoms with E-state index in [1.807, 2.05) is 0 Å². The lowest BCUT2D eigenvalue weighted by molar-refractivity contribution is 0.0209. The van der Waals surface area contributed by atoms with Gasteiger partial charge in [-0.25, -0.2) is 0 Å². The third kappa shape index (κ3) is 5.45. The summed E-state index contributed by atoms with van der Waals surface area (Å²) < 4.78 is 16.2. The quantitative estimate of drug-likeness (QED) is 0.426. The van der Waals surface area contributed by atoms with Gasteiger partial charge in [0.2, 0.25) is 0 Å². The molecule has 0 bridgehead atoms. The van der Waals surface area contributed by atoms with Crippen molar-refractivity contribution >= 4 is 23.2 Å².